The summed E-state index contributed by atoms with van der Waals surface area (Å²) in [6.45, 7) is 0. The molecule has 0 aliphatic heterocycles. The lowest BCUT2D eigenvalue weighted by atomic mass is 10.1. The van der Waals surface area contributed by atoms with Crippen LogP contribution >= 0.6 is 0 Å². The number of nitrogens with one attached hydrogen (secondary N) is 1. The number of carbonyl (C=O) groups excluding carboxylic acids is 2. The van der Waals surface area contributed by atoms with E-state index in [9.17, 15) is 14.0 Å². The van der Waals surface area contributed by atoms with Crippen molar-refractivity contribution in [1.82, 2.24) is 5.32 Å². The summed E-state index contributed by atoms with van der Waals surface area (Å²) in [6.07, 6.45) is 5.12. The third kappa shape index (κ3) is 4.80. The van der Waals surface area contributed by atoms with Crippen LogP contribution in [0, 0.1) is 18.2 Å². The van der Waals surface area contributed by atoms with Crippen molar-refractivity contribution < 1.29 is 18.7 Å². The van der Waals surface area contributed by atoms with Crippen molar-refractivity contribution in [1.29, 1.82) is 0 Å². The molecule has 0 fully saturated rings. The zero-order chi connectivity index (χ0) is 14.3. The zero-order valence-electron chi connectivity index (χ0n) is 10.5. The van der Waals surface area contributed by atoms with Gasteiger partial charge in [0.25, 0.3) is 0 Å². The van der Waals surface area contributed by atoms with Gasteiger partial charge in [-0.05, 0) is 17.7 Å². The zero-order valence-corrected chi connectivity index (χ0v) is 10.5. The van der Waals surface area contributed by atoms with Gasteiger partial charge < -0.3 is 10.1 Å². The molecule has 0 unspecified atom stereocenters. The normalized spacial score (nSPS) is 11.2. The van der Waals surface area contributed by atoms with Gasteiger partial charge in [0.15, 0.2) is 0 Å². The minimum absolute atomic E-state index is 0.0319. The van der Waals surface area contributed by atoms with Crippen molar-refractivity contribution in [2.24, 2.45) is 0 Å². The molecule has 1 aromatic carbocycles. The van der Waals surface area contributed by atoms with E-state index >= 15 is 0 Å². The number of hydrogen-bond donors (Lipinski definition) is 1. The van der Waals surface area contributed by atoms with Gasteiger partial charge in [0.1, 0.15) is 11.9 Å². The molecule has 19 heavy (non-hydrogen) atoms. The summed E-state index contributed by atoms with van der Waals surface area (Å²) < 4.78 is 17.5. The maximum atomic E-state index is 13.0. The van der Waals surface area contributed by atoms with Crippen LogP contribution in [0.15, 0.2) is 24.3 Å². The average Bonchev–Trinajstić information content (AvgIpc) is 2.37. The number of halogens is 1. The van der Waals surface area contributed by atoms with Gasteiger partial charge >= 0.3 is 5.97 Å². The minimum atomic E-state index is -0.879. The Morgan fingerprint density at radius 2 is 2.26 bits per heavy atom. The van der Waals surface area contributed by atoms with Gasteiger partial charge in [0.2, 0.25) is 5.91 Å². The average molecular weight is 263 g/mol. The first-order valence-electron chi connectivity index (χ1n) is 5.62. The van der Waals surface area contributed by atoms with E-state index in [-0.39, 0.29) is 12.8 Å². The van der Waals surface area contributed by atoms with Crippen molar-refractivity contribution >= 4 is 11.9 Å². The molecule has 0 radical (unpaired) electrons. The predicted molar refractivity (Wildman–Crippen MR) is 67.5 cm³/mol. The Balaban J connectivity index is 2.63. The van der Waals surface area contributed by atoms with Gasteiger partial charge in [0, 0.05) is 6.42 Å². The van der Waals surface area contributed by atoms with Crippen LogP contribution in [0.25, 0.3) is 0 Å². The molecule has 0 bridgehead atoms. The lowest BCUT2D eigenvalue weighted by Gasteiger charge is -2.13. The molecule has 0 heterocycles. The second kappa shape index (κ2) is 7.17. The summed E-state index contributed by atoms with van der Waals surface area (Å²) in [6, 6.07) is 4.80. The predicted octanol–water partition coefficient (Wildman–Crippen LogP) is 1.05. The lowest BCUT2D eigenvalue weighted by Crippen LogP contribution is -2.42. The van der Waals surface area contributed by atoms with Crippen LogP contribution in [-0.4, -0.2) is 25.0 Å². The first-order chi connectivity index (χ1) is 9.06. The minimum Gasteiger partial charge on any atom is -0.467 e. The van der Waals surface area contributed by atoms with E-state index in [4.69, 9.17) is 6.42 Å². The SMILES string of the molecule is C#CC[C@H](NC(=O)Cc1cccc(F)c1)C(=O)OC. The number of rotatable bonds is 5. The fourth-order valence-electron chi connectivity index (χ4n) is 1.53. The van der Waals surface area contributed by atoms with Gasteiger partial charge in [-0.15, -0.1) is 12.3 Å². The van der Waals surface area contributed by atoms with Crippen LogP contribution < -0.4 is 5.32 Å². The quantitative estimate of drug-likeness (QED) is 0.638. The Labute approximate surface area is 111 Å². The summed E-state index contributed by atoms with van der Waals surface area (Å²) in [7, 11) is 1.21. The number of hydrogen-bond acceptors (Lipinski definition) is 3. The number of esters is 1. The summed E-state index contributed by atoms with van der Waals surface area (Å²) in [5.41, 5.74) is 0.516. The van der Waals surface area contributed by atoms with Crippen LogP contribution in [0.1, 0.15) is 12.0 Å². The Hall–Kier alpha value is -2.35. The fourth-order valence-corrected chi connectivity index (χ4v) is 1.53. The highest BCUT2D eigenvalue weighted by Crippen LogP contribution is 2.05. The number of terminal acetylenes is 1. The number of amides is 1. The third-order valence-corrected chi connectivity index (χ3v) is 2.40. The van der Waals surface area contributed by atoms with Crippen molar-refractivity contribution in [3.63, 3.8) is 0 Å². The number of benzene rings is 1. The van der Waals surface area contributed by atoms with E-state index in [1.165, 1.54) is 25.3 Å². The Morgan fingerprint density at radius 3 is 2.84 bits per heavy atom. The molecule has 1 atom stereocenters. The molecule has 0 saturated carbocycles. The Bertz CT molecular complexity index is 508. The van der Waals surface area contributed by atoms with E-state index in [1.54, 1.807) is 6.07 Å². The monoisotopic (exact) mass is 263 g/mol. The highest BCUT2D eigenvalue weighted by atomic mass is 19.1. The number of carbonyl (C=O) groups is 2. The van der Waals surface area contributed by atoms with E-state index < -0.39 is 23.7 Å². The molecular weight excluding hydrogens is 249 g/mol. The summed E-state index contributed by atoms with van der Waals surface area (Å²) in [5, 5.41) is 2.46. The Kier molecular flexibility index (Phi) is 5.55. The van der Waals surface area contributed by atoms with Gasteiger partial charge in [-0.25, -0.2) is 9.18 Å². The first-order valence-corrected chi connectivity index (χ1v) is 5.62. The molecule has 100 valence electrons. The molecule has 0 aliphatic carbocycles. The second-order valence-corrected chi connectivity index (χ2v) is 3.86. The maximum Gasteiger partial charge on any atom is 0.329 e. The molecule has 0 aromatic heterocycles. The molecule has 1 amide bonds. The van der Waals surface area contributed by atoms with Crippen LogP contribution in [-0.2, 0) is 20.7 Å². The fraction of sp³-hybridized carbons (Fsp3) is 0.286. The van der Waals surface area contributed by atoms with Crippen LogP contribution in [0.3, 0.4) is 0 Å². The first kappa shape index (κ1) is 14.7. The van der Waals surface area contributed by atoms with Crippen molar-refractivity contribution in [3.05, 3.63) is 35.6 Å². The summed E-state index contributed by atoms with van der Waals surface area (Å²) in [5.74, 6) is 0.842. The van der Waals surface area contributed by atoms with Crippen LogP contribution in [0.5, 0.6) is 0 Å². The highest BCUT2D eigenvalue weighted by molar-refractivity contribution is 5.85. The van der Waals surface area contributed by atoms with E-state index in [0.717, 1.165) is 0 Å². The molecule has 5 heteroatoms. The lowest BCUT2D eigenvalue weighted by molar-refractivity contribution is -0.144. The highest BCUT2D eigenvalue weighted by Gasteiger charge is 2.20. The van der Waals surface area contributed by atoms with Gasteiger partial charge in [-0.3, -0.25) is 4.79 Å². The Morgan fingerprint density at radius 1 is 1.53 bits per heavy atom. The third-order valence-electron chi connectivity index (χ3n) is 2.40. The van der Waals surface area contributed by atoms with Gasteiger partial charge in [0.05, 0.1) is 13.5 Å². The van der Waals surface area contributed by atoms with Crippen molar-refractivity contribution in [2.75, 3.05) is 7.11 Å². The summed E-state index contributed by atoms with van der Waals surface area (Å²) in [4.78, 5) is 23.1. The van der Waals surface area contributed by atoms with E-state index in [1.807, 2.05) is 0 Å². The molecule has 1 N–H and O–H groups in total. The number of methoxy groups -OCH3 is 1. The molecular formula is C14H14FNO3. The van der Waals surface area contributed by atoms with Gasteiger partial charge in [-0.1, -0.05) is 12.1 Å². The maximum absolute atomic E-state index is 13.0. The summed E-state index contributed by atoms with van der Waals surface area (Å²) >= 11 is 0. The molecule has 4 nitrogen and oxygen atoms in total. The molecule has 0 spiro atoms. The van der Waals surface area contributed by atoms with Crippen LogP contribution in [0.4, 0.5) is 4.39 Å². The van der Waals surface area contributed by atoms with Gasteiger partial charge in [-0.2, -0.15) is 0 Å². The van der Waals surface area contributed by atoms with E-state index in [2.05, 4.69) is 16.0 Å². The number of ether oxygens (including phenoxy) is 1. The van der Waals surface area contributed by atoms with Crippen LogP contribution in [0.2, 0.25) is 0 Å². The standard InChI is InChI=1S/C14H14FNO3/c1-3-5-12(14(18)19-2)16-13(17)9-10-6-4-7-11(15)8-10/h1,4,6-8,12H,5,9H2,2H3,(H,16,17)/t12-/m0/s1. The molecule has 0 aliphatic rings. The largest absolute Gasteiger partial charge is 0.467 e. The molecule has 1 aromatic rings. The molecule has 0 saturated heterocycles. The second-order valence-electron chi connectivity index (χ2n) is 3.86. The topological polar surface area (TPSA) is 55.4 Å². The smallest absolute Gasteiger partial charge is 0.329 e. The van der Waals surface area contributed by atoms with E-state index in [0.29, 0.717) is 5.56 Å². The van der Waals surface area contributed by atoms with Crippen molar-refractivity contribution in [2.45, 2.75) is 18.9 Å². The molecule has 1 rings (SSSR count). The van der Waals surface area contributed by atoms with Crippen molar-refractivity contribution in [3.8, 4) is 12.3 Å².